The number of nitrogens with two attached hydrogens (primary N) is 1. The molecule has 0 bridgehead atoms. The van der Waals surface area contributed by atoms with Crippen molar-refractivity contribution in [3.8, 4) is 0 Å². The Morgan fingerprint density at radius 1 is 1.27 bits per heavy atom. The molecule has 0 aromatic carbocycles. The maximum Gasteiger partial charge on any atom is 0.219 e. The van der Waals surface area contributed by atoms with Crippen molar-refractivity contribution in [3.05, 3.63) is 0 Å². The van der Waals surface area contributed by atoms with Crippen LogP contribution in [0.3, 0.4) is 0 Å². The average Bonchev–Trinajstić information content (AvgIpc) is 2.43. The molecule has 1 rings (SSSR count). The van der Waals surface area contributed by atoms with Crippen LogP contribution in [0.4, 0.5) is 0 Å². The molecule has 0 radical (unpaired) electrons. The fourth-order valence-electron chi connectivity index (χ4n) is 1.97. The van der Waals surface area contributed by atoms with E-state index in [4.69, 9.17) is 5.73 Å². The first-order valence-electron chi connectivity index (χ1n) is 5.68. The SMILES string of the molecule is CC(=O)N1CCCN(C(C)(C)CN)CC1. The summed E-state index contributed by atoms with van der Waals surface area (Å²) in [5.41, 5.74) is 5.81. The van der Waals surface area contributed by atoms with Gasteiger partial charge in [-0.3, -0.25) is 9.69 Å². The number of carbonyl (C=O) groups excluding carboxylic acids is 1. The molecule has 0 aromatic rings. The minimum atomic E-state index is 0.0484. The van der Waals surface area contributed by atoms with Crippen LogP contribution in [0, 0.1) is 0 Å². The van der Waals surface area contributed by atoms with Crippen LogP contribution in [0.15, 0.2) is 0 Å². The number of amides is 1. The van der Waals surface area contributed by atoms with Crippen molar-refractivity contribution < 1.29 is 4.79 Å². The molecule has 1 aliphatic rings. The summed E-state index contributed by atoms with van der Waals surface area (Å²) < 4.78 is 0. The standard InChI is InChI=1S/C11H23N3O/c1-10(15)13-5-4-6-14(8-7-13)11(2,3)9-12/h4-9,12H2,1-3H3. The molecule has 1 fully saturated rings. The highest BCUT2D eigenvalue weighted by Gasteiger charge is 2.27. The quantitative estimate of drug-likeness (QED) is 0.716. The van der Waals surface area contributed by atoms with Gasteiger partial charge in [-0.25, -0.2) is 0 Å². The van der Waals surface area contributed by atoms with E-state index < -0.39 is 0 Å². The van der Waals surface area contributed by atoms with Gasteiger partial charge in [-0.05, 0) is 20.3 Å². The Bertz CT molecular complexity index is 228. The second-order valence-electron chi connectivity index (χ2n) is 4.86. The molecule has 4 heteroatoms. The van der Waals surface area contributed by atoms with E-state index in [1.54, 1.807) is 6.92 Å². The van der Waals surface area contributed by atoms with Gasteiger partial charge < -0.3 is 10.6 Å². The molecule has 2 N–H and O–H groups in total. The Hall–Kier alpha value is -0.610. The summed E-state index contributed by atoms with van der Waals surface area (Å²) in [5.74, 6) is 0.183. The Kier molecular flexibility index (Phi) is 4.11. The van der Waals surface area contributed by atoms with Gasteiger partial charge in [0.25, 0.3) is 0 Å². The van der Waals surface area contributed by atoms with E-state index in [1.165, 1.54) is 0 Å². The molecule has 4 nitrogen and oxygen atoms in total. The first kappa shape index (κ1) is 12.5. The van der Waals surface area contributed by atoms with Gasteiger partial charge >= 0.3 is 0 Å². The Morgan fingerprint density at radius 2 is 1.93 bits per heavy atom. The number of rotatable bonds is 2. The smallest absolute Gasteiger partial charge is 0.219 e. The minimum Gasteiger partial charge on any atom is -0.342 e. The molecular formula is C11H23N3O. The lowest BCUT2D eigenvalue weighted by Crippen LogP contribution is -2.50. The topological polar surface area (TPSA) is 49.6 Å². The van der Waals surface area contributed by atoms with E-state index in [2.05, 4.69) is 18.7 Å². The minimum absolute atomic E-state index is 0.0484. The molecule has 1 amide bonds. The van der Waals surface area contributed by atoms with Crippen LogP contribution >= 0.6 is 0 Å². The van der Waals surface area contributed by atoms with Crippen molar-refractivity contribution >= 4 is 5.91 Å². The zero-order valence-corrected chi connectivity index (χ0v) is 10.1. The van der Waals surface area contributed by atoms with Gasteiger partial charge in [-0.2, -0.15) is 0 Å². The van der Waals surface area contributed by atoms with E-state index in [0.29, 0.717) is 6.54 Å². The molecule has 15 heavy (non-hydrogen) atoms. The maximum absolute atomic E-state index is 11.3. The molecule has 1 saturated heterocycles. The monoisotopic (exact) mass is 213 g/mol. The first-order chi connectivity index (χ1) is 6.97. The Morgan fingerprint density at radius 3 is 2.47 bits per heavy atom. The van der Waals surface area contributed by atoms with Gasteiger partial charge in [0.1, 0.15) is 0 Å². The summed E-state index contributed by atoms with van der Waals surface area (Å²) in [4.78, 5) is 15.6. The van der Waals surface area contributed by atoms with Crippen LogP contribution in [0.2, 0.25) is 0 Å². The van der Waals surface area contributed by atoms with Gasteiger partial charge in [0.2, 0.25) is 5.91 Å². The highest BCUT2D eigenvalue weighted by molar-refractivity contribution is 5.73. The van der Waals surface area contributed by atoms with Gasteiger partial charge in [0.15, 0.2) is 0 Å². The highest BCUT2D eigenvalue weighted by Crippen LogP contribution is 2.15. The molecule has 88 valence electrons. The third-order valence-electron chi connectivity index (χ3n) is 3.30. The summed E-state index contributed by atoms with van der Waals surface area (Å²) >= 11 is 0. The lowest BCUT2D eigenvalue weighted by atomic mass is 10.0. The summed E-state index contributed by atoms with van der Waals surface area (Å²) in [6, 6.07) is 0. The van der Waals surface area contributed by atoms with E-state index in [-0.39, 0.29) is 11.4 Å². The fourth-order valence-corrected chi connectivity index (χ4v) is 1.97. The van der Waals surface area contributed by atoms with E-state index in [1.807, 2.05) is 4.90 Å². The van der Waals surface area contributed by atoms with Crippen LogP contribution in [-0.2, 0) is 4.79 Å². The second-order valence-corrected chi connectivity index (χ2v) is 4.86. The molecule has 1 aliphatic heterocycles. The second kappa shape index (κ2) is 4.94. The van der Waals surface area contributed by atoms with Crippen LogP contribution in [-0.4, -0.2) is 54.0 Å². The third-order valence-corrected chi connectivity index (χ3v) is 3.30. The molecule has 1 heterocycles. The summed E-state index contributed by atoms with van der Waals surface area (Å²) in [5, 5.41) is 0. The largest absolute Gasteiger partial charge is 0.342 e. The van der Waals surface area contributed by atoms with Gasteiger partial charge in [-0.15, -0.1) is 0 Å². The number of hydrogen-bond donors (Lipinski definition) is 1. The van der Waals surface area contributed by atoms with Gasteiger partial charge in [-0.1, -0.05) is 0 Å². The first-order valence-corrected chi connectivity index (χ1v) is 5.68. The molecular weight excluding hydrogens is 190 g/mol. The maximum atomic E-state index is 11.3. The molecule has 0 aromatic heterocycles. The number of carbonyl (C=O) groups is 1. The van der Waals surface area contributed by atoms with Crippen molar-refractivity contribution in [3.63, 3.8) is 0 Å². The third kappa shape index (κ3) is 3.18. The summed E-state index contributed by atoms with van der Waals surface area (Å²) in [6.45, 7) is 10.3. The van der Waals surface area contributed by atoms with Crippen LogP contribution in [0.25, 0.3) is 0 Å². The lowest BCUT2D eigenvalue weighted by Gasteiger charge is -2.36. The molecule has 0 spiro atoms. The van der Waals surface area contributed by atoms with Crippen molar-refractivity contribution in [2.45, 2.75) is 32.7 Å². The highest BCUT2D eigenvalue weighted by atomic mass is 16.2. The number of hydrogen-bond acceptors (Lipinski definition) is 3. The Labute approximate surface area is 92.4 Å². The van der Waals surface area contributed by atoms with Crippen molar-refractivity contribution in [2.24, 2.45) is 5.73 Å². The zero-order chi connectivity index (χ0) is 11.5. The average molecular weight is 213 g/mol. The normalized spacial score (nSPS) is 20.1. The summed E-state index contributed by atoms with van der Waals surface area (Å²) in [6.07, 6.45) is 1.04. The predicted molar refractivity (Wildman–Crippen MR) is 61.6 cm³/mol. The van der Waals surface area contributed by atoms with E-state index in [0.717, 1.165) is 32.6 Å². The van der Waals surface area contributed by atoms with Crippen LogP contribution in [0.1, 0.15) is 27.2 Å². The zero-order valence-electron chi connectivity index (χ0n) is 10.1. The van der Waals surface area contributed by atoms with E-state index >= 15 is 0 Å². The van der Waals surface area contributed by atoms with Crippen molar-refractivity contribution in [1.29, 1.82) is 0 Å². The van der Waals surface area contributed by atoms with Gasteiger partial charge in [0, 0.05) is 45.2 Å². The number of nitrogens with zero attached hydrogens (tertiary/aromatic N) is 2. The molecule has 0 atom stereocenters. The van der Waals surface area contributed by atoms with Crippen molar-refractivity contribution in [1.82, 2.24) is 9.80 Å². The summed E-state index contributed by atoms with van der Waals surface area (Å²) in [7, 11) is 0. The van der Waals surface area contributed by atoms with Gasteiger partial charge in [0.05, 0.1) is 0 Å². The predicted octanol–water partition coefficient (Wildman–Crippen LogP) is 0.278. The van der Waals surface area contributed by atoms with Crippen molar-refractivity contribution in [2.75, 3.05) is 32.7 Å². The van der Waals surface area contributed by atoms with E-state index in [9.17, 15) is 4.79 Å². The van der Waals surface area contributed by atoms with Crippen LogP contribution < -0.4 is 5.73 Å². The van der Waals surface area contributed by atoms with Crippen LogP contribution in [0.5, 0.6) is 0 Å². The molecule has 0 aliphatic carbocycles. The lowest BCUT2D eigenvalue weighted by molar-refractivity contribution is -0.128. The Balaban J connectivity index is 2.56. The fraction of sp³-hybridized carbons (Fsp3) is 0.909. The molecule has 0 saturated carbocycles. The molecule has 0 unspecified atom stereocenters.